The molecule has 332 valence electrons. The van der Waals surface area contributed by atoms with Gasteiger partial charge in [-0.1, -0.05) is 147 Å². The molecule has 0 unspecified atom stereocenters. The zero-order chi connectivity index (χ0) is 45.4. The molecule has 0 spiro atoms. The molecule has 63 heavy (non-hydrogen) atoms. The van der Waals surface area contributed by atoms with Crippen molar-refractivity contribution in [3.8, 4) is 0 Å². The first-order valence-electron chi connectivity index (χ1n) is 22.0. The van der Waals surface area contributed by atoms with Gasteiger partial charge < -0.3 is 24.3 Å². The third-order valence-corrected chi connectivity index (χ3v) is 10.6. The van der Waals surface area contributed by atoms with Crippen LogP contribution < -0.4 is 0 Å². The number of hydrogen-bond acceptors (Lipinski definition) is 5. The van der Waals surface area contributed by atoms with Gasteiger partial charge in [-0.2, -0.15) is 0 Å². The summed E-state index contributed by atoms with van der Waals surface area (Å²) in [6, 6.07) is 39.5. The summed E-state index contributed by atoms with van der Waals surface area (Å²) in [5, 5.41) is 0. The van der Waals surface area contributed by atoms with Crippen molar-refractivity contribution in [2.45, 2.75) is 79.6 Å². The van der Waals surface area contributed by atoms with Gasteiger partial charge in [0.2, 0.25) is 23.6 Å². The zero-order valence-corrected chi connectivity index (χ0v) is 37.8. The second-order valence-electron chi connectivity index (χ2n) is 16.1. The van der Waals surface area contributed by atoms with Crippen molar-refractivity contribution in [1.29, 1.82) is 0 Å². The van der Waals surface area contributed by atoms with E-state index in [4.69, 9.17) is 4.74 Å². The molecule has 4 rings (SSSR count). The number of rotatable bonds is 26. The maximum absolute atomic E-state index is 14.1. The van der Waals surface area contributed by atoms with Crippen LogP contribution in [0.5, 0.6) is 0 Å². The molecular weight excluding hydrogens is 785 g/mol. The molecule has 0 aliphatic carbocycles. The van der Waals surface area contributed by atoms with Gasteiger partial charge in [0.1, 0.15) is 0 Å². The maximum atomic E-state index is 14.1. The standard InChI is InChI=1S/C54H66N4O5/c1-43(2)51(59)55(39-47-23-11-7-12-24-47)33-19-21-37-63-38-22-20-34-56(40-48-25-13-8-14-26-48)53(61)45(5)31-32-46(6)54(62)58(42-50-29-17-10-18-30-50)36-35-57(52(60)44(3)4)41-49-27-15-9-16-28-49/h7-18,23-32H,1,3,19-22,33-42H2,2,4-6H3/b45-31+,46-32+. The molecule has 0 aromatic heterocycles. The average molecular weight is 851 g/mol. The molecule has 0 N–H and O–H groups in total. The minimum absolute atomic E-state index is 0.0312. The third kappa shape index (κ3) is 17.5. The number of carbonyl (C=O) groups excluding carboxylic acids is 4. The average Bonchev–Trinajstić information content (AvgIpc) is 3.30. The predicted molar refractivity (Wildman–Crippen MR) is 254 cm³/mol. The molecule has 0 saturated heterocycles. The topological polar surface area (TPSA) is 90.5 Å². The smallest absolute Gasteiger partial charge is 0.249 e. The molecule has 0 saturated carbocycles. The van der Waals surface area contributed by atoms with Gasteiger partial charge in [-0.05, 0) is 75.6 Å². The number of amides is 4. The van der Waals surface area contributed by atoms with Crippen molar-refractivity contribution in [2.75, 3.05) is 39.4 Å². The van der Waals surface area contributed by atoms with E-state index >= 15 is 0 Å². The molecule has 9 nitrogen and oxygen atoms in total. The molecule has 0 aliphatic rings. The number of nitrogens with zero attached hydrogens (tertiary/aromatic N) is 4. The Labute approximate surface area is 376 Å². The van der Waals surface area contributed by atoms with Crippen LogP contribution in [0.3, 0.4) is 0 Å². The van der Waals surface area contributed by atoms with Crippen LogP contribution in [0.2, 0.25) is 0 Å². The van der Waals surface area contributed by atoms with E-state index in [1.807, 2.05) is 131 Å². The number of unbranched alkanes of at least 4 members (excludes halogenated alkanes) is 2. The van der Waals surface area contributed by atoms with Crippen LogP contribution in [0.25, 0.3) is 0 Å². The van der Waals surface area contributed by atoms with Gasteiger partial charge in [-0.15, -0.1) is 0 Å². The Hall–Kier alpha value is -6.32. The first kappa shape index (κ1) is 49.3. The summed E-state index contributed by atoms with van der Waals surface area (Å²) in [5.41, 5.74) is 6.06. The SMILES string of the molecule is C=C(C)C(=O)N(CCCCOCCCCN(Cc1ccccc1)C(=O)/C(C)=C/C=C(\C)C(=O)N(CCN(Cc1ccccc1)C(=O)C(=C)C)Cc1ccccc1)Cc1ccccc1. The lowest BCUT2D eigenvalue weighted by Gasteiger charge is -2.29. The highest BCUT2D eigenvalue weighted by atomic mass is 16.5. The van der Waals surface area contributed by atoms with Gasteiger partial charge in [0.25, 0.3) is 0 Å². The van der Waals surface area contributed by atoms with Crippen LogP contribution in [0.4, 0.5) is 0 Å². The summed E-state index contributed by atoms with van der Waals surface area (Å²) < 4.78 is 5.97. The van der Waals surface area contributed by atoms with Crippen molar-refractivity contribution in [2.24, 2.45) is 0 Å². The predicted octanol–water partition coefficient (Wildman–Crippen LogP) is 9.72. The van der Waals surface area contributed by atoms with E-state index in [0.29, 0.717) is 87.9 Å². The van der Waals surface area contributed by atoms with Gasteiger partial charge in [-0.3, -0.25) is 19.2 Å². The summed E-state index contributed by atoms with van der Waals surface area (Å²) in [5.74, 6) is -0.466. The van der Waals surface area contributed by atoms with Crippen LogP contribution in [0.1, 0.15) is 75.6 Å². The highest BCUT2D eigenvalue weighted by Crippen LogP contribution is 2.16. The van der Waals surface area contributed by atoms with Crippen molar-refractivity contribution in [3.05, 3.63) is 191 Å². The fourth-order valence-electron chi connectivity index (χ4n) is 7.01. The van der Waals surface area contributed by atoms with Crippen LogP contribution in [0.15, 0.2) is 169 Å². The highest BCUT2D eigenvalue weighted by molar-refractivity contribution is 5.96. The Morgan fingerprint density at radius 1 is 0.413 bits per heavy atom. The number of hydrogen-bond donors (Lipinski definition) is 0. The normalized spacial score (nSPS) is 11.4. The largest absolute Gasteiger partial charge is 0.381 e. The molecule has 0 bridgehead atoms. The minimum atomic E-state index is -0.177. The Morgan fingerprint density at radius 2 is 0.683 bits per heavy atom. The summed E-state index contributed by atoms with van der Waals surface area (Å²) in [4.78, 5) is 61.3. The van der Waals surface area contributed by atoms with E-state index in [1.165, 1.54) is 0 Å². The van der Waals surface area contributed by atoms with Crippen molar-refractivity contribution in [1.82, 2.24) is 19.6 Å². The van der Waals surface area contributed by atoms with Crippen molar-refractivity contribution < 1.29 is 23.9 Å². The quantitative estimate of drug-likeness (QED) is 0.0357. The second kappa shape index (κ2) is 26.9. The molecule has 0 atom stereocenters. The maximum Gasteiger partial charge on any atom is 0.249 e. The van der Waals surface area contributed by atoms with Crippen molar-refractivity contribution in [3.63, 3.8) is 0 Å². The third-order valence-electron chi connectivity index (χ3n) is 10.6. The van der Waals surface area contributed by atoms with Gasteiger partial charge in [0.05, 0.1) is 0 Å². The van der Waals surface area contributed by atoms with E-state index < -0.39 is 0 Å². The monoisotopic (exact) mass is 851 g/mol. The second-order valence-corrected chi connectivity index (χ2v) is 16.1. The minimum Gasteiger partial charge on any atom is -0.381 e. The van der Waals surface area contributed by atoms with Gasteiger partial charge >= 0.3 is 0 Å². The van der Waals surface area contributed by atoms with Crippen LogP contribution in [0, 0.1) is 0 Å². The number of carbonyl (C=O) groups is 4. The van der Waals surface area contributed by atoms with E-state index in [-0.39, 0.29) is 23.6 Å². The molecule has 4 aromatic carbocycles. The Kier molecular flexibility index (Phi) is 21.1. The molecule has 0 fully saturated rings. The molecule has 0 heterocycles. The first-order chi connectivity index (χ1) is 30.4. The molecule has 4 aromatic rings. The fraction of sp³-hybridized carbons (Fsp3) is 0.333. The van der Waals surface area contributed by atoms with E-state index in [0.717, 1.165) is 47.9 Å². The zero-order valence-electron chi connectivity index (χ0n) is 37.8. The number of benzene rings is 4. The highest BCUT2D eigenvalue weighted by Gasteiger charge is 2.21. The van der Waals surface area contributed by atoms with Gasteiger partial charge in [0, 0.05) is 87.9 Å². The number of ether oxygens (including phenoxy) is 1. The van der Waals surface area contributed by atoms with E-state index in [2.05, 4.69) is 13.2 Å². The summed E-state index contributed by atoms with van der Waals surface area (Å²) in [6.45, 7) is 19.5. The molecule has 4 amide bonds. The Bertz CT molecular complexity index is 2130. The van der Waals surface area contributed by atoms with Crippen LogP contribution in [-0.2, 0) is 50.1 Å². The molecule has 0 radical (unpaired) electrons. The van der Waals surface area contributed by atoms with Gasteiger partial charge in [0.15, 0.2) is 0 Å². The lowest BCUT2D eigenvalue weighted by molar-refractivity contribution is -0.131. The van der Waals surface area contributed by atoms with E-state index in [9.17, 15) is 19.2 Å². The summed E-state index contributed by atoms with van der Waals surface area (Å²) >= 11 is 0. The molecule has 9 heteroatoms. The lowest BCUT2D eigenvalue weighted by atomic mass is 10.1. The van der Waals surface area contributed by atoms with Gasteiger partial charge in [-0.25, -0.2) is 0 Å². The molecular formula is C54H66N4O5. The van der Waals surface area contributed by atoms with Crippen molar-refractivity contribution >= 4 is 23.6 Å². The van der Waals surface area contributed by atoms with Crippen LogP contribution >= 0.6 is 0 Å². The summed E-state index contributed by atoms with van der Waals surface area (Å²) in [6.07, 6.45) is 6.66. The van der Waals surface area contributed by atoms with E-state index in [1.54, 1.807) is 49.6 Å². The lowest BCUT2D eigenvalue weighted by Crippen LogP contribution is -2.41. The Balaban J connectivity index is 1.34. The first-order valence-corrected chi connectivity index (χ1v) is 22.0. The fourth-order valence-corrected chi connectivity index (χ4v) is 7.01. The molecule has 0 aliphatic heterocycles. The van der Waals surface area contributed by atoms with Crippen LogP contribution in [-0.4, -0.2) is 82.6 Å². The summed E-state index contributed by atoms with van der Waals surface area (Å²) in [7, 11) is 0. The Morgan fingerprint density at radius 3 is 0.984 bits per heavy atom. The number of allylic oxidation sites excluding steroid dienone is 2.